The van der Waals surface area contributed by atoms with E-state index < -0.39 is 5.91 Å². The van der Waals surface area contributed by atoms with Crippen LogP contribution >= 0.6 is 11.6 Å². The highest BCUT2D eigenvalue weighted by Gasteiger charge is 2.18. The predicted octanol–water partition coefficient (Wildman–Crippen LogP) is 2.05. The first-order chi connectivity index (χ1) is 11.0. The van der Waals surface area contributed by atoms with Crippen molar-refractivity contribution in [3.8, 4) is 0 Å². The van der Waals surface area contributed by atoms with Crippen molar-refractivity contribution in [1.29, 1.82) is 0 Å². The number of benzene rings is 2. The second-order valence-corrected chi connectivity index (χ2v) is 5.17. The van der Waals surface area contributed by atoms with E-state index in [1.807, 2.05) is 0 Å². The van der Waals surface area contributed by atoms with Crippen LogP contribution in [0.1, 0.15) is 26.3 Å². The van der Waals surface area contributed by atoms with E-state index in [2.05, 4.69) is 10.6 Å². The first-order valence-corrected chi connectivity index (χ1v) is 7.29. The second-order valence-electron chi connectivity index (χ2n) is 4.74. The minimum absolute atomic E-state index is 0.154. The highest BCUT2D eigenvalue weighted by atomic mass is 35.5. The van der Waals surface area contributed by atoms with Gasteiger partial charge >= 0.3 is 0 Å². The number of nitrogens with one attached hydrogen (secondary N) is 2. The van der Waals surface area contributed by atoms with Crippen LogP contribution in [0.15, 0.2) is 48.5 Å². The summed E-state index contributed by atoms with van der Waals surface area (Å²) in [6, 6.07) is 12.9. The maximum Gasteiger partial charge on any atom is 0.252 e. The summed E-state index contributed by atoms with van der Waals surface area (Å²) in [6.07, 6.45) is 0. The summed E-state index contributed by atoms with van der Waals surface area (Å²) in [5, 5.41) is 5.41. The van der Waals surface area contributed by atoms with Crippen LogP contribution in [0.2, 0.25) is 5.02 Å². The minimum Gasteiger partial charge on any atom is -0.358 e. The summed E-state index contributed by atoms with van der Waals surface area (Å²) in [4.78, 5) is 36.0. The highest BCUT2D eigenvalue weighted by molar-refractivity contribution is 6.30. The van der Waals surface area contributed by atoms with Crippen molar-refractivity contribution in [3.05, 3.63) is 70.2 Å². The van der Waals surface area contributed by atoms with Gasteiger partial charge in [-0.05, 0) is 30.3 Å². The van der Waals surface area contributed by atoms with Crippen LogP contribution in [-0.2, 0) is 4.79 Å². The number of carbonyl (C=O) groups is 3. The third-order valence-corrected chi connectivity index (χ3v) is 3.46. The molecule has 0 radical (unpaired) electrons. The Morgan fingerprint density at radius 1 is 0.957 bits per heavy atom. The number of amides is 2. The van der Waals surface area contributed by atoms with Crippen molar-refractivity contribution >= 4 is 29.2 Å². The molecule has 2 aromatic rings. The van der Waals surface area contributed by atoms with Crippen molar-refractivity contribution in [2.75, 3.05) is 13.6 Å². The fraction of sp³-hybridized carbons (Fsp3) is 0.118. The Bertz CT molecular complexity index is 742. The highest BCUT2D eigenvalue weighted by Crippen LogP contribution is 2.17. The Hall–Kier alpha value is -2.66. The predicted molar refractivity (Wildman–Crippen MR) is 87.7 cm³/mol. The molecule has 0 bridgehead atoms. The minimum atomic E-state index is -0.480. The lowest BCUT2D eigenvalue weighted by Crippen LogP contribution is -2.35. The lowest BCUT2D eigenvalue weighted by atomic mass is 9.98. The van der Waals surface area contributed by atoms with Crippen LogP contribution < -0.4 is 10.6 Å². The van der Waals surface area contributed by atoms with Gasteiger partial charge in [-0.2, -0.15) is 0 Å². The van der Waals surface area contributed by atoms with Crippen LogP contribution in [-0.4, -0.2) is 31.2 Å². The molecule has 5 nitrogen and oxygen atoms in total. The summed E-state index contributed by atoms with van der Waals surface area (Å²) >= 11 is 5.82. The van der Waals surface area contributed by atoms with Crippen LogP contribution in [0.4, 0.5) is 0 Å². The largest absolute Gasteiger partial charge is 0.358 e. The van der Waals surface area contributed by atoms with Gasteiger partial charge in [0.1, 0.15) is 0 Å². The van der Waals surface area contributed by atoms with Gasteiger partial charge in [0.2, 0.25) is 5.91 Å². The first kappa shape index (κ1) is 16.7. The van der Waals surface area contributed by atoms with Crippen molar-refractivity contribution < 1.29 is 14.4 Å². The number of rotatable bonds is 5. The van der Waals surface area contributed by atoms with Crippen molar-refractivity contribution in [2.45, 2.75) is 0 Å². The molecule has 0 aliphatic carbocycles. The molecule has 0 atom stereocenters. The molecule has 2 rings (SSSR count). The molecule has 0 saturated carbocycles. The number of hydrogen-bond acceptors (Lipinski definition) is 3. The molecule has 2 N–H and O–H groups in total. The SMILES string of the molecule is CNC(=O)CNC(=O)c1ccccc1C(=O)c1ccc(Cl)cc1. The smallest absolute Gasteiger partial charge is 0.252 e. The molecule has 0 fully saturated rings. The zero-order valence-electron chi connectivity index (χ0n) is 12.4. The number of halogens is 1. The topological polar surface area (TPSA) is 75.3 Å². The van der Waals surface area contributed by atoms with E-state index >= 15 is 0 Å². The fourth-order valence-corrected chi connectivity index (χ4v) is 2.11. The van der Waals surface area contributed by atoms with E-state index in [4.69, 9.17) is 11.6 Å². The number of likely N-dealkylation sites (N-methyl/N-ethyl adjacent to an activating group) is 1. The molecule has 0 aromatic heterocycles. The van der Waals surface area contributed by atoms with E-state index in [-0.39, 0.29) is 29.4 Å². The van der Waals surface area contributed by atoms with Gasteiger partial charge in [-0.15, -0.1) is 0 Å². The van der Waals surface area contributed by atoms with Gasteiger partial charge in [0, 0.05) is 23.2 Å². The Morgan fingerprint density at radius 3 is 2.17 bits per heavy atom. The normalized spacial score (nSPS) is 10.0. The van der Waals surface area contributed by atoms with E-state index in [1.54, 1.807) is 48.5 Å². The molecule has 0 unspecified atom stereocenters. The van der Waals surface area contributed by atoms with Gasteiger partial charge in [-0.25, -0.2) is 0 Å². The summed E-state index contributed by atoms with van der Waals surface area (Å²) < 4.78 is 0. The lowest BCUT2D eigenvalue weighted by molar-refractivity contribution is -0.119. The molecular weight excluding hydrogens is 316 g/mol. The summed E-state index contributed by atoms with van der Waals surface area (Å²) in [5.74, 6) is -1.08. The molecule has 0 aliphatic heterocycles. The molecular formula is C17H15ClN2O3. The Balaban J connectivity index is 2.26. The van der Waals surface area contributed by atoms with Gasteiger partial charge in [0.05, 0.1) is 12.1 Å². The summed E-state index contributed by atoms with van der Waals surface area (Å²) in [6.45, 7) is -0.154. The Labute approximate surface area is 138 Å². The van der Waals surface area contributed by atoms with Gasteiger partial charge in [0.25, 0.3) is 5.91 Å². The van der Waals surface area contributed by atoms with E-state index in [1.165, 1.54) is 7.05 Å². The van der Waals surface area contributed by atoms with Gasteiger partial charge in [0.15, 0.2) is 5.78 Å². The Kier molecular flexibility index (Phi) is 5.49. The molecule has 0 spiro atoms. The monoisotopic (exact) mass is 330 g/mol. The molecule has 0 heterocycles. The molecule has 23 heavy (non-hydrogen) atoms. The van der Waals surface area contributed by atoms with E-state index in [0.29, 0.717) is 10.6 Å². The maximum absolute atomic E-state index is 12.6. The van der Waals surface area contributed by atoms with E-state index in [9.17, 15) is 14.4 Å². The van der Waals surface area contributed by atoms with E-state index in [0.717, 1.165) is 0 Å². The molecule has 0 aliphatic rings. The van der Waals surface area contributed by atoms with Gasteiger partial charge in [-0.1, -0.05) is 29.8 Å². The molecule has 118 valence electrons. The average molecular weight is 331 g/mol. The standard InChI is InChI=1S/C17H15ClN2O3/c1-19-15(21)10-20-17(23)14-5-3-2-4-13(14)16(22)11-6-8-12(18)9-7-11/h2-9H,10H2,1H3,(H,19,21)(H,20,23). The third kappa shape index (κ3) is 4.17. The molecule has 2 amide bonds. The molecule has 0 saturated heterocycles. The summed E-state index contributed by atoms with van der Waals surface area (Å²) in [5.41, 5.74) is 0.918. The zero-order chi connectivity index (χ0) is 16.8. The van der Waals surface area contributed by atoms with Crippen molar-refractivity contribution in [2.24, 2.45) is 0 Å². The van der Waals surface area contributed by atoms with Crippen LogP contribution in [0.25, 0.3) is 0 Å². The van der Waals surface area contributed by atoms with Crippen molar-refractivity contribution in [1.82, 2.24) is 10.6 Å². The van der Waals surface area contributed by atoms with Gasteiger partial charge in [-0.3, -0.25) is 14.4 Å². The van der Waals surface area contributed by atoms with Gasteiger partial charge < -0.3 is 10.6 Å². The van der Waals surface area contributed by atoms with Crippen molar-refractivity contribution in [3.63, 3.8) is 0 Å². The second kappa shape index (κ2) is 7.56. The average Bonchev–Trinajstić information content (AvgIpc) is 2.59. The lowest BCUT2D eigenvalue weighted by Gasteiger charge is -2.09. The van der Waals surface area contributed by atoms with Crippen LogP contribution in [0.5, 0.6) is 0 Å². The first-order valence-electron chi connectivity index (χ1n) is 6.91. The molecule has 6 heteroatoms. The summed E-state index contributed by atoms with van der Waals surface area (Å²) in [7, 11) is 1.48. The number of hydrogen-bond donors (Lipinski definition) is 2. The van der Waals surface area contributed by atoms with Crippen LogP contribution in [0.3, 0.4) is 0 Å². The quantitative estimate of drug-likeness (QED) is 0.824. The fourth-order valence-electron chi connectivity index (χ4n) is 1.98. The zero-order valence-corrected chi connectivity index (χ0v) is 13.2. The van der Waals surface area contributed by atoms with Crippen LogP contribution in [0, 0.1) is 0 Å². The number of ketones is 1. The molecule has 2 aromatic carbocycles. The third-order valence-electron chi connectivity index (χ3n) is 3.21. The Morgan fingerprint density at radius 2 is 1.57 bits per heavy atom. The maximum atomic E-state index is 12.6. The number of carbonyl (C=O) groups excluding carboxylic acids is 3.